The van der Waals surface area contributed by atoms with E-state index in [4.69, 9.17) is 9.47 Å². The van der Waals surface area contributed by atoms with E-state index < -0.39 is 0 Å². The number of esters is 2. The molecule has 0 saturated carbocycles. The summed E-state index contributed by atoms with van der Waals surface area (Å²) in [5.41, 5.74) is 0. The molecule has 6 heteroatoms. The van der Waals surface area contributed by atoms with Crippen molar-refractivity contribution in [2.75, 3.05) is 39.5 Å². The van der Waals surface area contributed by atoms with Crippen LogP contribution in [0.3, 0.4) is 0 Å². The minimum absolute atomic E-state index is 0.00949. The Morgan fingerprint density at radius 1 is 0.400 bits per heavy atom. The minimum Gasteiger partial charge on any atom is -0.465 e. The summed E-state index contributed by atoms with van der Waals surface area (Å²) in [7, 11) is 0. The van der Waals surface area contributed by atoms with Crippen LogP contribution < -0.4 is 0 Å². The van der Waals surface area contributed by atoms with Gasteiger partial charge in [0, 0.05) is 19.4 Å². The van der Waals surface area contributed by atoms with Gasteiger partial charge in [0.2, 0.25) is 0 Å². The Bertz CT molecular complexity index is 791. The van der Waals surface area contributed by atoms with Gasteiger partial charge in [0.15, 0.2) is 0 Å². The van der Waals surface area contributed by atoms with Crippen LogP contribution in [-0.4, -0.2) is 61.4 Å². The highest BCUT2D eigenvalue weighted by Gasteiger charge is 2.14. The lowest BCUT2D eigenvalue weighted by atomic mass is 9.95. The Kier molecular flexibility index (Phi) is 43.1. The summed E-state index contributed by atoms with van der Waals surface area (Å²) < 4.78 is 11.6. The molecule has 328 valence electrons. The monoisotopic (exact) mass is 780 g/mol. The van der Waals surface area contributed by atoms with Gasteiger partial charge in [0.1, 0.15) is 0 Å². The lowest BCUT2D eigenvalue weighted by Gasteiger charge is -2.21. The van der Waals surface area contributed by atoms with Crippen molar-refractivity contribution in [3.8, 4) is 0 Å². The number of carbonyl (C=O) groups excluding carboxylic acids is 2. The number of hydrogen-bond acceptors (Lipinski definition) is 6. The molecule has 0 saturated heterocycles. The van der Waals surface area contributed by atoms with Crippen molar-refractivity contribution in [2.45, 2.75) is 252 Å². The SMILES string of the molecule is CCCCCCCCC(CCCCCC)COC(=O)CCCCCCCN(CCO)CCCCCC(=O)OCC(CCCCCCC)CCCCCCCC. The van der Waals surface area contributed by atoms with Gasteiger partial charge in [0.05, 0.1) is 19.8 Å². The van der Waals surface area contributed by atoms with E-state index in [1.165, 1.54) is 161 Å². The largest absolute Gasteiger partial charge is 0.465 e. The van der Waals surface area contributed by atoms with Gasteiger partial charge in [-0.1, -0.05) is 188 Å². The molecule has 0 spiro atoms. The molecule has 2 atom stereocenters. The van der Waals surface area contributed by atoms with Crippen LogP contribution in [0, 0.1) is 11.8 Å². The van der Waals surface area contributed by atoms with Gasteiger partial charge in [-0.05, 0) is 76.3 Å². The molecule has 55 heavy (non-hydrogen) atoms. The maximum atomic E-state index is 12.6. The van der Waals surface area contributed by atoms with Crippen LogP contribution in [0.15, 0.2) is 0 Å². The van der Waals surface area contributed by atoms with Gasteiger partial charge < -0.3 is 19.5 Å². The third-order valence-corrected chi connectivity index (χ3v) is 11.7. The van der Waals surface area contributed by atoms with Crippen LogP contribution in [0.4, 0.5) is 0 Å². The van der Waals surface area contributed by atoms with Crippen LogP contribution in [-0.2, 0) is 19.1 Å². The number of rotatable bonds is 45. The fourth-order valence-electron chi connectivity index (χ4n) is 7.90. The summed E-state index contributed by atoms with van der Waals surface area (Å²) in [4.78, 5) is 27.5. The Morgan fingerprint density at radius 3 is 1.05 bits per heavy atom. The van der Waals surface area contributed by atoms with Gasteiger partial charge in [-0.25, -0.2) is 0 Å². The summed E-state index contributed by atoms with van der Waals surface area (Å²) in [5, 5.41) is 9.61. The maximum absolute atomic E-state index is 12.6. The Labute approximate surface area is 343 Å². The van der Waals surface area contributed by atoms with Crippen LogP contribution in [0.5, 0.6) is 0 Å². The molecule has 6 nitrogen and oxygen atoms in total. The summed E-state index contributed by atoms with van der Waals surface area (Å²) in [6, 6.07) is 0. The molecule has 0 bridgehead atoms. The number of hydrogen-bond donors (Lipinski definition) is 1. The molecule has 0 amide bonds. The molecule has 0 aliphatic carbocycles. The third-order valence-electron chi connectivity index (χ3n) is 11.7. The minimum atomic E-state index is -0.0232. The topological polar surface area (TPSA) is 76.1 Å². The summed E-state index contributed by atoms with van der Waals surface area (Å²) >= 11 is 0. The summed E-state index contributed by atoms with van der Waals surface area (Å²) in [6.07, 6.45) is 41.6. The zero-order chi connectivity index (χ0) is 40.3. The van der Waals surface area contributed by atoms with Crippen LogP contribution >= 0.6 is 0 Å². The zero-order valence-electron chi connectivity index (χ0n) is 37.7. The first kappa shape index (κ1) is 53.9. The van der Waals surface area contributed by atoms with E-state index in [9.17, 15) is 14.7 Å². The molecule has 0 fully saturated rings. The average Bonchev–Trinajstić information content (AvgIpc) is 3.18. The first-order valence-corrected chi connectivity index (χ1v) is 24.6. The molecule has 1 N–H and O–H groups in total. The van der Waals surface area contributed by atoms with Crippen molar-refractivity contribution in [1.29, 1.82) is 0 Å². The fraction of sp³-hybridized carbons (Fsp3) is 0.959. The number of aliphatic hydroxyl groups excluding tert-OH is 1. The molecule has 0 aliphatic rings. The smallest absolute Gasteiger partial charge is 0.305 e. The number of unbranched alkanes of at least 4 members (excludes halogenated alkanes) is 23. The van der Waals surface area contributed by atoms with Gasteiger partial charge in [-0.15, -0.1) is 0 Å². The predicted octanol–water partition coefficient (Wildman–Crippen LogP) is 14.3. The normalized spacial score (nSPS) is 12.7. The van der Waals surface area contributed by atoms with Crippen LogP contribution in [0.2, 0.25) is 0 Å². The van der Waals surface area contributed by atoms with E-state index in [-0.39, 0.29) is 18.5 Å². The Morgan fingerprint density at radius 2 is 0.691 bits per heavy atom. The van der Waals surface area contributed by atoms with Gasteiger partial charge in [0.25, 0.3) is 0 Å². The van der Waals surface area contributed by atoms with Crippen LogP contribution in [0.25, 0.3) is 0 Å². The van der Waals surface area contributed by atoms with Crippen molar-refractivity contribution >= 4 is 11.9 Å². The molecule has 0 aliphatic heterocycles. The fourth-order valence-corrected chi connectivity index (χ4v) is 7.90. The lowest BCUT2D eigenvalue weighted by molar-refractivity contribution is -0.146. The van der Waals surface area contributed by atoms with Gasteiger partial charge in [-0.2, -0.15) is 0 Å². The molecule has 0 aromatic carbocycles. The molecule has 2 unspecified atom stereocenters. The number of ether oxygens (including phenoxy) is 2. The number of nitrogens with zero attached hydrogens (tertiary/aromatic N) is 1. The third kappa shape index (κ3) is 39.5. The lowest BCUT2D eigenvalue weighted by Crippen LogP contribution is -2.29. The zero-order valence-corrected chi connectivity index (χ0v) is 37.7. The van der Waals surface area contributed by atoms with Crippen molar-refractivity contribution in [1.82, 2.24) is 4.90 Å². The molecule has 0 aromatic rings. The predicted molar refractivity (Wildman–Crippen MR) is 237 cm³/mol. The van der Waals surface area contributed by atoms with Crippen molar-refractivity contribution in [3.63, 3.8) is 0 Å². The van der Waals surface area contributed by atoms with E-state index >= 15 is 0 Å². The first-order valence-electron chi connectivity index (χ1n) is 24.6. The Hall–Kier alpha value is -1.14. The number of aliphatic hydroxyl groups is 1. The standard InChI is InChI=1S/C49H97NO5/c1-5-9-13-17-21-28-36-46(34-26-16-12-8-4)44-54-48(52)38-30-23-19-24-32-40-50(42-43-51)41-33-25-31-39-49(53)55-45-47(35-27-20-15-11-7-3)37-29-22-18-14-10-6-2/h46-47,51H,5-45H2,1-4H3. The molecular weight excluding hydrogens is 683 g/mol. The average molecular weight is 780 g/mol. The number of carbonyl (C=O) groups is 2. The molecule has 0 aromatic heterocycles. The maximum Gasteiger partial charge on any atom is 0.305 e. The first-order chi connectivity index (χ1) is 27.0. The van der Waals surface area contributed by atoms with E-state index in [2.05, 4.69) is 32.6 Å². The van der Waals surface area contributed by atoms with Crippen LogP contribution in [0.1, 0.15) is 252 Å². The Balaban J connectivity index is 4.16. The van der Waals surface area contributed by atoms with Crippen molar-refractivity contribution in [2.24, 2.45) is 11.8 Å². The molecule has 0 heterocycles. The second-order valence-corrected chi connectivity index (χ2v) is 17.2. The second-order valence-electron chi connectivity index (χ2n) is 17.2. The van der Waals surface area contributed by atoms with Gasteiger partial charge >= 0.3 is 11.9 Å². The highest BCUT2D eigenvalue weighted by Crippen LogP contribution is 2.22. The second kappa shape index (κ2) is 44.0. The van der Waals surface area contributed by atoms with E-state index in [0.29, 0.717) is 44.4 Å². The molecule has 0 rings (SSSR count). The van der Waals surface area contributed by atoms with Gasteiger partial charge in [-0.3, -0.25) is 9.59 Å². The highest BCUT2D eigenvalue weighted by atomic mass is 16.5. The summed E-state index contributed by atoms with van der Waals surface area (Å²) in [6.45, 7) is 13.2. The molecule has 0 radical (unpaired) electrons. The molecular formula is C49H97NO5. The van der Waals surface area contributed by atoms with E-state index in [1.54, 1.807) is 0 Å². The summed E-state index contributed by atoms with van der Waals surface area (Å²) in [5.74, 6) is 1.02. The quantitative estimate of drug-likeness (QED) is 0.0490. The van der Waals surface area contributed by atoms with Crippen molar-refractivity contribution < 1.29 is 24.2 Å². The van der Waals surface area contributed by atoms with E-state index in [1.807, 2.05) is 0 Å². The van der Waals surface area contributed by atoms with Crippen molar-refractivity contribution in [3.05, 3.63) is 0 Å². The highest BCUT2D eigenvalue weighted by molar-refractivity contribution is 5.69. The van der Waals surface area contributed by atoms with E-state index in [0.717, 1.165) is 64.5 Å².